The maximum Gasteiger partial charge on any atom is 0.259 e. The van der Waals surface area contributed by atoms with Crippen LogP contribution in [0.2, 0.25) is 0 Å². The minimum atomic E-state index is -0.204. The topological polar surface area (TPSA) is 66.9 Å². The highest BCUT2D eigenvalue weighted by atomic mass is 16.1. The van der Waals surface area contributed by atoms with Crippen molar-refractivity contribution in [2.24, 2.45) is 0 Å². The highest BCUT2D eigenvalue weighted by Gasteiger charge is 2.12. The molecule has 0 fully saturated rings. The van der Waals surface area contributed by atoms with Crippen molar-refractivity contribution in [1.82, 2.24) is 9.97 Å². The Balaban J connectivity index is 2.25. The van der Waals surface area contributed by atoms with Gasteiger partial charge < -0.3 is 10.6 Å². The van der Waals surface area contributed by atoms with Crippen molar-refractivity contribution in [3.8, 4) is 0 Å². The number of aromatic nitrogens is 2. The molecule has 0 aliphatic rings. The van der Waals surface area contributed by atoms with Gasteiger partial charge in [-0.1, -0.05) is 0 Å². The van der Waals surface area contributed by atoms with Crippen LogP contribution in [0.3, 0.4) is 0 Å². The third-order valence-corrected chi connectivity index (χ3v) is 2.69. The lowest BCUT2D eigenvalue weighted by Gasteiger charge is -2.10. The Morgan fingerprint density at radius 1 is 1.16 bits per heavy atom. The summed E-state index contributed by atoms with van der Waals surface area (Å²) in [5, 5.41) is 5.81. The molecule has 19 heavy (non-hydrogen) atoms. The number of anilines is 2. The molecule has 1 amide bonds. The van der Waals surface area contributed by atoms with Crippen LogP contribution < -0.4 is 10.6 Å². The van der Waals surface area contributed by atoms with E-state index in [-0.39, 0.29) is 5.91 Å². The molecule has 5 nitrogen and oxygen atoms in total. The Bertz CT molecular complexity index is 610. The molecular formula is C14H16N4O. The molecule has 0 spiro atoms. The van der Waals surface area contributed by atoms with Crippen LogP contribution in [0.25, 0.3) is 0 Å². The van der Waals surface area contributed by atoms with Crippen LogP contribution in [0.15, 0.2) is 30.7 Å². The Hall–Kier alpha value is -2.43. The van der Waals surface area contributed by atoms with E-state index < -0.39 is 0 Å². The van der Waals surface area contributed by atoms with E-state index in [2.05, 4.69) is 20.6 Å². The maximum atomic E-state index is 12.2. The molecule has 2 aromatic rings. The lowest BCUT2D eigenvalue weighted by Crippen LogP contribution is -2.15. The number of pyridine rings is 2. The van der Waals surface area contributed by atoms with E-state index in [1.54, 1.807) is 25.6 Å². The Morgan fingerprint density at radius 2 is 1.95 bits per heavy atom. The van der Waals surface area contributed by atoms with Gasteiger partial charge in [-0.2, -0.15) is 0 Å². The number of hydrogen-bond acceptors (Lipinski definition) is 4. The van der Waals surface area contributed by atoms with Crippen LogP contribution in [-0.4, -0.2) is 22.9 Å². The van der Waals surface area contributed by atoms with Crippen LogP contribution in [0.5, 0.6) is 0 Å². The van der Waals surface area contributed by atoms with Gasteiger partial charge in [-0.3, -0.25) is 14.8 Å². The zero-order chi connectivity index (χ0) is 13.8. The number of carbonyl (C=O) groups is 1. The zero-order valence-corrected chi connectivity index (χ0v) is 11.2. The quantitative estimate of drug-likeness (QED) is 0.884. The number of rotatable bonds is 3. The van der Waals surface area contributed by atoms with Crippen molar-refractivity contribution in [3.05, 3.63) is 47.5 Å². The van der Waals surface area contributed by atoms with Crippen LogP contribution in [0.1, 0.15) is 21.6 Å². The summed E-state index contributed by atoms with van der Waals surface area (Å²) >= 11 is 0. The minimum Gasteiger partial charge on any atom is -0.387 e. The predicted octanol–water partition coefficient (Wildman–Crippen LogP) is 2.39. The summed E-state index contributed by atoms with van der Waals surface area (Å²) in [5.74, 6) is -0.204. The van der Waals surface area contributed by atoms with Crippen molar-refractivity contribution < 1.29 is 4.79 Å². The zero-order valence-electron chi connectivity index (χ0n) is 11.2. The smallest absolute Gasteiger partial charge is 0.259 e. The van der Waals surface area contributed by atoms with E-state index in [1.165, 1.54) is 0 Å². The molecule has 2 rings (SSSR count). The second-order valence-electron chi connectivity index (χ2n) is 4.33. The molecule has 98 valence electrons. The number of carbonyl (C=O) groups excluding carboxylic acids is 1. The number of aryl methyl sites for hydroxylation is 2. The van der Waals surface area contributed by atoms with E-state index in [4.69, 9.17) is 0 Å². The van der Waals surface area contributed by atoms with Gasteiger partial charge in [0.25, 0.3) is 5.91 Å². The molecule has 0 aliphatic carbocycles. The summed E-state index contributed by atoms with van der Waals surface area (Å²) < 4.78 is 0. The summed E-state index contributed by atoms with van der Waals surface area (Å²) in [7, 11) is 1.78. The summed E-state index contributed by atoms with van der Waals surface area (Å²) in [5.41, 5.74) is 3.79. The first-order chi connectivity index (χ1) is 9.10. The summed E-state index contributed by atoms with van der Waals surface area (Å²) in [6.45, 7) is 3.81. The summed E-state index contributed by atoms with van der Waals surface area (Å²) in [6, 6.07) is 3.70. The van der Waals surface area contributed by atoms with Gasteiger partial charge in [0, 0.05) is 25.1 Å². The Morgan fingerprint density at radius 3 is 2.63 bits per heavy atom. The van der Waals surface area contributed by atoms with Crippen molar-refractivity contribution in [1.29, 1.82) is 0 Å². The molecule has 0 radical (unpaired) electrons. The monoisotopic (exact) mass is 256 g/mol. The van der Waals surface area contributed by atoms with Crippen molar-refractivity contribution in [2.75, 3.05) is 17.7 Å². The standard InChI is InChI=1S/C14H16N4O/c1-9-4-11(7-16-6-9)18-14(19)12-8-17-10(2)5-13(12)15-3/h4-8H,1-3H3,(H,15,17)(H,18,19). The first kappa shape index (κ1) is 13.0. The Labute approximate surface area is 112 Å². The lowest BCUT2D eigenvalue weighted by atomic mass is 10.2. The van der Waals surface area contributed by atoms with Gasteiger partial charge in [0.1, 0.15) is 0 Å². The summed E-state index contributed by atoms with van der Waals surface area (Å²) in [4.78, 5) is 20.4. The van der Waals surface area contributed by atoms with Gasteiger partial charge in [0.15, 0.2) is 0 Å². The van der Waals surface area contributed by atoms with Gasteiger partial charge in [0.2, 0.25) is 0 Å². The molecule has 0 atom stereocenters. The van der Waals surface area contributed by atoms with Crippen LogP contribution in [-0.2, 0) is 0 Å². The van der Waals surface area contributed by atoms with Crippen molar-refractivity contribution in [2.45, 2.75) is 13.8 Å². The van der Waals surface area contributed by atoms with E-state index >= 15 is 0 Å². The third-order valence-electron chi connectivity index (χ3n) is 2.69. The second kappa shape index (κ2) is 5.48. The van der Waals surface area contributed by atoms with Gasteiger partial charge in [0.05, 0.1) is 23.1 Å². The highest BCUT2D eigenvalue weighted by Crippen LogP contribution is 2.17. The Kier molecular flexibility index (Phi) is 3.75. The number of amides is 1. The van der Waals surface area contributed by atoms with E-state index in [1.807, 2.05) is 26.0 Å². The average molecular weight is 256 g/mol. The predicted molar refractivity (Wildman–Crippen MR) is 75.4 cm³/mol. The molecule has 0 unspecified atom stereocenters. The van der Waals surface area contributed by atoms with E-state index in [9.17, 15) is 4.79 Å². The molecule has 2 heterocycles. The molecule has 5 heteroatoms. The molecule has 2 aromatic heterocycles. The molecule has 0 saturated carbocycles. The normalized spacial score (nSPS) is 10.1. The van der Waals surface area contributed by atoms with E-state index in [0.29, 0.717) is 11.3 Å². The first-order valence-electron chi connectivity index (χ1n) is 5.97. The SMILES string of the molecule is CNc1cc(C)ncc1C(=O)Nc1cncc(C)c1. The summed E-state index contributed by atoms with van der Waals surface area (Å²) in [6.07, 6.45) is 4.92. The lowest BCUT2D eigenvalue weighted by molar-refractivity contribution is 0.102. The largest absolute Gasteiger partial charge is 0.387 e. The van der Waals surface area contributed by atoms with Crippen molar-refractivity contribution in [3.63, 3.8) is 0 Å². The van der Waals surface area contributed by atoms with Crippen LogP contribution in [0, 0.1) is 13.8 Å². The third kappa shape index (κ3) is 3.07. The van der Waals surface area contributed by atoms with Crippen LogP contribution in [0.4, 0.5) is 11.4 Å². The number of nitrogens with one attached hydrogen (secondary N) is 2. The maximum absolute atomic E-state index is 12.2. The first-order valence-corrected chi connectivity index (χ1v) is 5.97. The van der Waals surface area contributed by atoms with Gasteiger partial charge in [-0.15, -0.1) is 0 Å². The average Bonchev–Trinajstić information content (AvgIpc) is 2.38. The second-order valence-corrected chi connectivity index (χ2v) is 4.33. The van der Waals surface area contributed by atoms with Crippen LogP contribution >= 0.6 is 0 Å². The van der Waals surface area contributed by atoms with Gasteiger partial charge in [-0.25, -0.2) is 0 Å². The van der Waals surface area contributed by atoms with Gasteiger partial charge in [-0.05, 0) is 31.5 Å². The fraction of sp³-hybridized carbons (Fsp3) is 0.214. The highest BCUT2D eigenvalue weighted by molar-refractivity contribution is 6.07. The molecule has 0 bridgehead atoms. The molecule has 0 aliphatic heterocycles. The molecule has 0 aromatic carbocycles. The number of hydrogen-bond donors (Lipinski definition) is 2. The minimum absolute atomic E-state index is 0.204. The number of nitrogens with zero attached hydrogens (tertiary/aromatic N) is 2. The fourth-order valence-electron chi connectivity index (χ4n) is 1.77. The molecule has 0 saturated heterocycles. The van der Waals surface area contributed by atoms with E-state index in [0.717, 1.165) is 16.9 Å². The molecular weight excluding hydrogens is 240 g/mol. The molecule has 2 N–H and O–H groups in total. The fourth-order valence-corrected chi connectivity index (χ4v) is 1.77. The van der Waals surface area contributed by atoms with Gasteiger partial charge >= 0.3 is 0 Å². The van der Waals surface area contributed by atoms with Crippen molar-refractivity contribution >= 4 is 17.3 Å².